The van der Waals surface area contributed by atoms with Crippen LogP contribution in [0.1, 0.15) is 31.2 Å². The molecule has 3 aromatic heterocycles. The first-order chi connectivity index (χ1) is 21.3. The second-order valence-corrected chi connectivity index (χ2v) is 11.8. The van der Waals surface area contributed by atoms with Crippen LogP contribution < -0.4 is 14.8 Å². The summed E-state index contributed by atoms with van der Waals surface area (Å²) in [6.45, 7) is 3.50. The quantitative estimate of drug-likeness (QED) is 0.196. The van der Waals surface area contributed by atoms with E-state index in [4.69, 9.17) is 26.1 Å². The Labute approximate surface area is 263 Å². The molecule has 2 amide bonds. The maximum absolute atomic E-state index is 14.2. The van der Waals surface area contributed by atoms with Gasteiger partial charge in [0.15, 0.2) is 17.3 Å². The van der Waals surface area contributed by atoms with Crippen molar-refractivity contribution in [3.8, 4) is 27.8 Å². The fourth-order valence-corrected chi connectivity index (χ4v) is 5.72. The SMILES string of the molecule is COc1ccc(C(Cc2nn[nH]n2)C(=O)N(CC(=O)Nc2nc(-c3ccc(Cl)s3)cn2-c2ccccc2)C(C)C)cc1OC. The molecule has 3 heterocycles. The van der Waals surface area contributed by atoms with Crippen LogP contribution in [-0.4, -0.2) is 73.7 Å². The molecule has 0 saturated carbocycles. The van der Waals surface area contributed by atoms with Crippen molar-refractivity contribution in [3.63, 3.8) is 0 Å². The number of halogens is 1. The number of hydrogen-bond acceptors (Lipinski definition) is 9. The van der Waals surface area contributed by atoms with Gasteiger partial charge in [0.1, 0.15) is 12.2 Å². The lowest BCUT2D eigenvalue weighted by atomic mass is 9.92. The molecule has 0 aliphatic rings. The number of nitrogens with zero attached hydrogens (tertiary/aromatic N) is 6. The van der Waals surface area contributed by atoms with Gasteiger partial charge in [0.2, 0.25) is 17.8 Å². The Morgan fingerprint density at radius 3 is 2.48 bits per heavy atom. The molecule has 0 saturated heterocycles. The van der Waals surface area contributed by atoms with Crippen LogP contribution in [0.15, 0.2) is 66.9 Å². The summed E-state index contributed by atoms with van der Waals surface area (Å²) in [7, 11) is 3.07. The number of para-hydroxylation sites is 1. The van der Waals surface area contributed by atoms with Crippen molar-refractivity contribution < 1.29 is 19.1 Å². The minimum absolute atomic E-state index is 0.154. The second-order valence-electron chi connectivity index (χ2n) is 10.1. The second kappa shape index (κ2) is 13.7. The molecule has 1 atom stereocenters. The monoisotopic (exact) mass is 634 g/mol. The van der Waals surface area contributed by atoms with Gasteiger partial charge >= 0.3 is 0 Å². The van der Waals surface area contributed by atoms with E-state index in [1.165, 1.54) is 23.3 Å². The maximum atomic E-state index is 14.2. The molecular formula is C30H31ClN8O4S. The third-order valence-corrected chi connectivity index (χ3v) is 8.18. The average Bonchev–Trinajstić information content (AvgIpc) is 3.80. The lowest BCUT2D eigenvalue weighted by Crippen LogP contribution is -2.45. The number of hydrogen-bond donors (Lipinski definition) is 2. The molecule has 0 bridgehead atoms. The third kappa shape index (κ3) is 6.90. The molecule has 2 aromatic carbocycles. The number of nitrogens with one attached hydrogen (secondary N) is 2. The lowest BCUT2D eigenvalue weighted by Gasteiger charge is -2.30. The Kier molecular flexibility index (Phi) is 9.56. The molecule has 228 valence electrons. The van der Waals surface area contributed by atoms with Gasteiger partial charge in [-0.2, -0.15) is 5.21 Å². The number of anilines is 1. The van der Waals surface area contributed by atoms with Crippen molar-refractivity contribution in [2.45, 2.75) is 32.2 Å². The number of aromatic amines is 1. The Hall–Kier alpha value is -4.75. The number of carbonyl (C=O) groups is 2. The van der Waals surface area contributed by atoms with Gasteiger partial charge in [-0.05, 0) is 55.8 Å². The number of rotatable bonds is 12. The fraction of sp³-hybridized carbons (Fsp3) is 0.267. The van der Waals surface area contributed by atoms with Crippen molar-refractivity contribution in [2.24, 2.45) is 0 Å². The van der Waals surface area contributed by atoms with Crippen LogP contribution in [0, 0.1) is 0 Å². The zero-order valence-corrected chi connectivity index (χ0v) is 26.1. The topological polar surface area (TPSA) is 140 Å². The molecule has 0 aliphatic heterocycles. The first-order valence-electron chi connectivity index (χ1n) is 13.7. The maximum Gasteiger partial charge on any atom is 0.246 e. The van der Waals surface area contributed by atoms with Crippen LogP contribution >= 0.6 is 22.9 Å². The standard InChI is InChI=1S/C30H31ClN8O4S/c1-18(2)38(29(41)21(15-27-34-36-37-35-27)19-10-11-23(42-3)24(14-19)43-4)17-28(40)33-30-32-22(25-12-13-26(31)44-25)16-39(30)20-8-6-5-7-9-20/h5-14,16,18,21H,15,17H2,1-4H3,(H,32,33,40)(H,34,35,36,37). The predicted molar refractivity (Wildman–Crippen MR) is 168 cm³/mol. The molecule has 2 N–H and O–H groups in total. The highest BCUT2D eigenvalue weighted by atomic mass is 35.5. The van der Waals surface area contributed by atoms with Crippen LogP contribution in [-0.2, 0) is 16.0 Å². The van der Waals surface area contributed by atoms with Crippen LogP contribution in [0.4, 0.5) is 5.95 Å². The summed E-state index contributed by atoms with van der Waals surface area (Å²) in [6, 6.07) is 18.2. The molecule has 1 unspecified atom stereocenters. The van der Waals surface area contributed by atoms with Crippen molar-refractivity contribution in [1.29, 1.82) is 0 Å². The number of thiophene rings is 1. The van der Waals surface area contributed by atoms with E-state index in [-0.39, 0.29) is 24.9 Å². The number of imidazole rings is 1. The largest absolute Gasteiger partial charge is 0.493 e. The number of tetrazole rings is 1. The zero-order chi connectivity index (χ0) is 31.2. The number of methoxy groups -OCH3 is 2. The number of H-pyrrole nitrogens is 1. The van der Waals surface area contributed by atoms with Crippen LogP contribution in [0.3, 0.4) is 0 Å². The van der Waals surface area contributed by atoms with Crippen molar-refractivity contribution >= 4 is 40.7 Å². The first kappa shape index (κ1) is 30.7. The smallest absolute Gasteiger partial charge is 0.246 e. The third-order valence-electron chi connectivity index (χ3n) is 6.92. The summed E-state index contributed by atoms with van der Waals surface area (Å²) in [5.74, 6) is 0.255. The minimum Gasteiger partial charge on any atom is -0.493 e. The van der Waals surface area contributed by atoms with Crippen molar-refractivity contribution in [3.05, 3.63) is 82.6 Å². The molecule has 0 spiro atoms. The zero-order valence-electron chi connectivity index (χ0n) is 24.5. The molecule has 0 aliphatic carbocycles. The molecule has 5 aromatic rings. The van der Waals surface area contributed by atoms with E-state index >= 15 is 0 Å². The minimum atomic E-state index is -0.732. The number of benzene rings is 2. The Balaban J connectivity index is 1.43. The van der Waals surface area contributed by atoms with E-state index in [0.29, 0.717) is 38.9 Å². The van der Waals surface area contributed by atoms with Gasteiger partial charge in [-0.3, -0.25) is 19.5 Å². The highest BCUT2D eigenvalue weighted by Crippen LogP contribution is 2.34. The van der Waals surface area contributed by atoms with Gasteiger partial charge < -0.3 is 14.4 Å². The molecule has 44 heavy (non-hydrogen) atoms. The highest BCUT2D eigenvalue weighted by Gasteiger charge is 2.31. The van der Waals surface area contributed by atoms with Crippen molar-refractivity contribution in [1.82, 2.24) is 35.1 Å². The van der Waals surface area contributed by atoms with E-state index in [1.54, 1.807) is 35.9 Å². The van der Waals surface area contributed by atoms with Crippen LogP contribution in [0.25, 0.3) is 16.3 Å². The molecule has 5 rings (SSSR count). The van der Waals surface area contributed by atoms with Crippen LogP contribution in [0.2, 0.25) is 4.34 Å². The molecule has 12 nitrogen and oxygen atoms in total. The molecular weight excluding hydrogens is 604 g/mol. The Bertz CT molecular complexity index is 1720. The van der Waals surface area contributed by atoms with Gasteiger partial charge in [0, 0.05) is 24.3 Å². The van der Waals surface area contributed by atoms with E-state index in [2.05, 4.69) is 25.9 Å². The summed E-state index contributed by atoms with van der Waals surface area (Å²) in [6.07, 6.45) is 2.00. The van der Waals surface area contributed by atoms with Crippen molar-refractivity contribution in [2.75, 3.05) is 26.1 Å². The van der Waals surface area contributed by atoms with Gasteiger partial charge in [-0.25, -0.2) is 4.98 Å². The number of amides is 2. The Morgan fingerprint density at radius 2 is 1.84 bits per heavy atom. The Morgan fingerprint density at radius 1 is 1.07 bits per heavy atom. The van der Waals surface area contributed by atoms with Gasteiger partial charge in [0.05, 0.1) is 29.4 Å². The summed E-state index contributed by atoms with van der Waals surface area (Å²) >= 11 is 7.56. The van der Waals surface area contributed by atoms with Gasteiger partial charge in [0.25, 0.3) is 0 Å². The summed E-state index contributed by atoms with van der Waals surface area (Å²) < 4.78 is 13.3. The molecule has 0 radical (unpaired) electrons. The summed E-state index contributed by atoms with van der Waals surface area (Å²) in [5, 5.41) is 17.1. The van der Waals surface area contributed by atoms with E-state index < -0.39 is 11.8 Å². The summed E-state index contributed by atoms with van der Waals surface area (Å²) in [5.41, 5.74) is 2.13. The summed E-state index contributed by atoms with van der Waals surface area (Å²) in [4.78, 5) is 34.8. The van der Waals surface area contributed by atoms with Crippen LogP contribution in [0.5, 0.6) is 11.5 Å². The number of carbonyl (C=O) groups excluding carboxylic acids is 2. The van der Waals surface area contributed by atoms with Gasteiger partial charge in [-0.1, -0.05) is 41.1 Å². The van der Waals surface area contributed by atoms with E-state index in [9.17, 15) is 9.59 Å². The average molecular weight is 635 g/mol. The molecule has 14 heteroatoms. The normalized spacial score (nSPS) is 11.8. The molecule has 0 fully saturated rings. The van der Waals surface area contributed by atoms with Gasteiger partial charge in [-0.15, -0.1) is 21.5 Å². The lowest BCUT2D eigenvalue weighted by molar-refractivity contribution is -0.137. The fourth-order valence-electron chi connectivity index (χ4n) is 4.73. The highest BCUT2D eigenvalue weighted by molar-refractivity contribution is 7.19. The number of ether oxygens (including phenoxy) is 2. The van der Waals surface area contributed by atoms with E-state index in [1.807, 2.05) is 56.4 Å². The first-order valence-corrected chi connectivity index (χ1v) is 14.9. The number of aromatic nitrogens is 6. The predicted octanol–water partition coefficient (Wildman–Crippen LogP) is 4.99. The van der Waals surface area contributed by atoms with E-state index in [0.717, 1.165) is 10.6 Å².